The average molecular weight is 532 g/mol. The van der Waals surface area contributed by atoms with Crippen LogP contribution in [-0.4, -0.2) is 67.5 Å². The van der Waals surface area contributed by atoms with Crippen molar-refractivity contribution in [2.45, 2.75) is 13.3 Å². The van der Waals surface area contributed by atoms with E-state index >= 15 is 0 Å². The van der Waals surface area contributed by atoms with Crippen LogP contribution in [0, 0.1) is 6.92 Å². The molecule has 11 heteroatoms. The van der Waals surface area contributed by atoms with Gasteiger partial charge in [-0.2, -0.15) is 4.98 Å². The van der Waals surface area contributed by atoms with Crippen LogP contribution in [-0.2, 0) is 4.79 Å². The van der Waals surface area contributed by atoms with Crippen molar-refractivity contribution >= 4 is 40.1 Å². The Morgan fingerprint density at radius 3 is 2.69 bits per heavy atom. The normalized spacial score (nSPS) is 11.0. The fraction of sp³-hybridized carbons (Fsp3) is 0.286. The van der Waals surface area contributed by atoms with E-state index in [0.717, 1.165) is 19.5 Å². The summed E-state index contributed by atoms with van der Waals surface area (Å²) in [6.45, 7) is 3.73. The molecule has 0 fully saturated rings. The maximum Gasteiger partial charge on any atom is 0.255 e. The number of hydrogen-bond acceptors (Lipinski definition) is 9. The molecule has 11 nitrogen and oxygen atoms in total. The molecule has 39 heavy (non-hydrogen) atoms. The monoisotopic (exact) mass is 531 g/mol. The number of ether oxygens (including phenoxy) is 1. The number of hydrogen-bond donors (Lipinski definition) is 4. The molecule has 204 valence electrons. The lowest BCUT2D eigenvalue weighted by atomic mass is 10.1. The minimum atomic E-state index is -0.206. The molecule has 0 bridgehead atoms. The zero-order valence-corrected chi connectivity index (χ0v) is 22.5. The summed E-state index contributed by atoms with van der Waals surface area (Å²) in [5.41, 5.74) is 2.41. The highest BCUT2D eigenvalue weighted by Gasteiger charge is 2.17. The Kier molecular flexibility index (Phi) is 9.08. The summed E-state index contributed by atoms with van der Waals surface area (Å²) in [6.07, 6.45) is 2.55. The largest absolute Gasteiger partial charge is 0.460 e. The van der Waals surface area contributed by atoms with Crippen molar-refractivity contribution in [1.29, 1.82) is 0 Å². The number of carbonyl (C=O) groups excluding carboxylic acids is 2. The summed E-state index contributed by atoms with van der Waals surface area (Å²) in [5, 5.41) is 12.5. The highest BCUT2D eigenvalue weighted by molar-refractivity contribution is 6.07. The van der Waals surface area contributed by atoms with Crippen molar-refractivity contribution in [3.63, 3.8) is 0 Å². The van der Waals surface area contributed by atoms with Crippen molar-refractivity contribution in [1.82, 2.24) is 25.5 Å². The lowest BCUT2D eigenvalue weighted by molar-refractivity contribution is -0.115. The molecule has 0 aliphatic carbocycles. The summed E-state index contributed by atoms with van der Waals surface area (Å²) in [4.78, 5) is 35.3. The fourth-order valence-corrected chi connectivity index (χ4v) is 3.98. The molecular weight excluding hydrogens is 498 g/mol. The van der Waals surface area contributed by atoms with Crippen molar-refractivity contribution in [3.05, 3.63) is 66.1 Å². The number of fused-ring (bicyclic) bond motifs is 1. The van der Waals surface area contributed by atoms with Crippen LogP contribution in [0.3, 0.4) is 0 Å². The molecule has 0 aliphatic heterocycles. The van der Waals surface area contributed by atoms with E-state index in [4.69, 9.17) is 9.15 Å². The minimum absolute atomic E-state index is 0.116. The third kappa shape index (κ3) is 7.53. The molecule has 4 N–H and O–H groups in total. The predicted molar refractivity (Wildman–Crippen MR) is 151 cm³/mol. The summed E-state index contributed by atoms with van der Waals surface area (Å²) in [7, 11) is 5.63. The van der Waals surface area contributed by atoms with Crippen LogP contribution in [0.15, 0.2) is 59.1 Å². The number of carbonyl (C=O) groups is 2. The van der Waals surface area contributed by atoms with Gasteiger partial charge in [-0.1, -0.05) is 6.07 Å². The number of amides is 2. The van der Waals surface area contributed by atoms with Gasteiger partial charge in [-0.05, 0) is 70.9 Å². The number of nitrogens with zero attached hydrogens (tertiary/aromatic N) is 3. The molecule has 2 aromatic carbocycles. The number of furan rings is 1. The van der Waals surface area contributed by atoms with Gasteiger partial charge < -0.3 is 35.3 Å². The lowest BCUT2D eigenvalue weighted by Gasteiger charge is -2.11. The van der Waals surface area contributed by atoms with Crippen molar-refractivity contribution in [2.75, 3.05) is 51.4 Å². The quantitative estimate of drug-likeness (QED) is 0.201. The predicted octanol–water partition coefficient (Wildman–Crippen LogP) is 3.91. The molecule has 2 heterocycles. The topological polar surface area (TPSA) is 134 Å². The average Bonchev–Trinajstić information content (AvgIpc) is 3.23. The Morgan fingerprint density at radius 1 is 1.08 bits per heavy atom. The molecule has 0 spiro atoms. The zero-order valence-electron chi connectivity index (χ0n) is 22.5. The second-order valence-electron chi connectivity index (χ2n) is 9.18. The van der Waals surface area contributed by atoms with Gasteiger partial charge in [0.15, 0.2) is 0 Å². The number of anilines is 3. The second kappa shape index (κ2) is 12.9. The van der Waals surface area contributed by atoms with E-state index < -0.39 is 0 Å². The highest BCUT2D eigenvalue weighted by Crippen LogP contribution is 2.31. The maximum atomic E-state index is 12.3. The van der Waals surface area contributed by atoms with E-state index in [1.165, 1.54) is 0 Å². The molecule has 0 unspecified atom stereocenters. The van der Waals surface area contributed by atoms with Crippen LogP contribution < -0.4 is 26.0 Å². The van der Waals surface area contributed by atoms with E-state index in [9.17, 15) is 9.59 Å². The third-order valence-corrected chi connectivity index (χ3v) is 5.79. The standard InChI is InChI=1S/C28H33N7O4/c1-18-26(27(37)29-2)22-10-9-21(16-23(22)38-18)39-25-11-13-31-28(34-25)33-20-8-5-7-19(15-20)32-24(36)17-30-12-6-14-35(3)4/h5,7-11,13,15-16,30H,6,12,14,17H2,1-4H3,(H,29,37)(H,32,36)(H,31,33,34). The van der Waals surface area contributed by atoms with E-state index in [2.05, 4.69) is 36.1 Å². The molecule has 0 saturated heterocycles. The van der Waals surface area contributed by atoms with Crippen LogP contribution >= 0.6 is 0 Å². The SMILES string of the molecule is CNC(=O)c1c(C)oc2cc(Oc3ccnc(Nc4cccc(NC(=O)CNCCCN(C)C)c4)n3)ccc12. The van der Waals surface area contributed by atoms with Gasteiger partial charge in [-0.3, -0.25) is 9.59 Å². The lowest BCUT2D eigenvalue weighted by Crippen LogP contribution is -2.30. The molecule has 0 radical (unpaired) electrons. The molecule has 0 atom stereocenters. The molecule has 0 saturated carbocycles. The molecule has 4 rings (SSSR count). The van der Waals surface area contributed by atoms with Gasteiger partial charge in [0.05, 0.1) is 12.1 Å². The first-order valence-electron chi connectivity index (χ1n) is 12.6. The Labute approximate surface area is 227 Å². The van der Waals surface area contributed by atoms with Crippen LogP contribution in [0.5, 0.6) is 11.6 Å². The van der Waals surface area contributed by atoms with Gasteiger partial charge >= 0.3 is 0 Å². The number of nitrogens with one attached hydrogen (secondary N) is 4. The highest BCUT2D eigenvalue weighted by atomic mass is 16.5. The second-order valence-corrected chi connectivity index (χ2v) is 9.18. The molecular formula is C28H33N7O4. The van der Waals surface area contributed by atoms with Crippen molar-refractivity contribution < 1.29 is 18.7 Å². The minimum Gasteiger partial charge on any atom is -0.460 e. The maximum absolute atomic E-state index is 12.3. The first kappa shape index (κ1) is 27.6. The summed E-state index contributed by atoms with van der Waals surface area (Å²) in [5.74, 6) is 1.37. The zero-order chi connectivity index (χ0) is 27.8. The number of rotatable bonds is 12. The van der Waals surface area contributed by atoms with Gasteiger partial charge in [0.2, 0.25) is 17.7 Å². The smallest absolute Gasteiger partial charge is 0.255 e. The van der Waals surface area contributed by atoms with Gasteiger partial charge in [-0.15, -0.1) is 0 Å². The molecule has 4 aromatic rings. The van der Waals surface area contributed by atoms with E-state index in [-0.39, 0.29) is 18.4 Å². The van der Waals surface area contributed by atoms with Crippen molar-refractivity contribution in [3.8, 4) is 11.6 Å². The molecule has 2 aromatic heterocycles. The summed E-state index contributed by atoms with van der Waals surface area (Å²) in [6, 6.07) is 14.2. The van der Waals surface area contributed by atoms with Gasteiger partial charge in [0.25, 0.3) is 5.91 Å². The third-order valence-electron chi connectivity index (χ3n) is 5.79. The summed E-state index contributed by atoms with van der Waals surface area (Å²) >= 11 is 0. The van der Waals surface area contributed by atoms with Crippen LogP contribution in [0.1, 0.15) is 22.5 Å². The number of aromatic nitrogens is 2. The molecule has 0 aliphatic rings. The van der Waals surface area contributed by atoms with Gasteiger partial charge in [0, 0.05) is 42.1 Å². The van der Waals surface area contributed by atoms with Gasteiger partial charge in [0.1, 0.15) is 17.1 Å². The number of benzene rings is 2. The Bertz CT molecular complexity index is 1450. The van der Waals surface area contributed by atoms with Crippen LogP contribution in [0.2, 0.25) is 0 Å². The van der Waals surface area contributed by atoms with E-state index in [0.29, 0.717) is 51.2 Å². The molecule has 2 amide bonds. The van der Waals surface area contributed by atoms with Gasteiger partial charge in [-0.25, -0.2) is 4.98 Å². The van der Waals surface area contributed by atoms with E-state index in [1.807, 2.05) is 32.3 Å². The Morgan fingerprint density at radius 2 is 1.90 bits per heavy atom. The van der Waals surface area contributed by atoms with Crippen molar-refractivity contribution in [2.24, 2.45) is 0 Å². The Hall–Kier alpha value is -4.48. The first-order valence-corrected chi connectivity index (χ1v) is 12.6. The fourth-order valence-electron chi connectivity index (χ4n) is 3.98. The first-order chi connectivity index (χ1) is 18.8. The van der Waals surface area contributed by atoms with Crippen LogP contribution in [0.25, 0.3) is 11.0 Å². The summed E-state index contributed by atoms with van der Waals surface area (Å²) < 4.78 is 11.7. The Balaban J connectivity index is 1.37. The van der Waals surface area contributed by atoms with Crippen LogP contribution in [0.4, 0.5) is 17.3 Å². The number of aryl methyl sites for hydroxylation is 1. The van der Waals surface area contributed by atoms with E-state index in [1.54, 1.807) is 50.5 Å².